The monoisotopic (exact) mass is 362 g/mol. The topological polar surface area (TPSA) is 69.0 Å². The SMILES string of the molecule is CCCCn1c(SCC(=O)NCCC)nnc1-c1ccc(OC)cc1. The lowest BCUT2D eigenvalue weighted by atomic mass is 10.2. The second-order valence-corrected chi connectivity index (χ2v) is 6.62. The minimum absolute atomic E-state index is 0.0305. The summed E-state index contributed by atoms with van der Waals surface area (Å²) in [6.07, 6.45) is 3.06. The number of unbranched alkanes of at least 4 members (excludes halogenated alkanes) is 1. The van der Waals surface area contributed by atoms with E-state index in [0.29, 0.717) is 12.3 Å². The van der Waals surface area contributed by atoms with Crippen LogP contribution in [0.25, 0.3) is 11.4 Å². The first kappa shape index (κ1) is 19.3. The van der Waals surface area contributed by atoms with E-state index in [-0.39, 0.29) is 5.91 Å². The molecule has 0 saturated heterocycles. The van der Waals surface area contributed by atoms with E-state index in [0.717, 1.165) is 48.1 Å². The first-order valence-electron chi connectivity index (χ1n) is 8.66. The molecular formula is C18H26N4O2S. The maximum Gasteiger partial charge on any atom is 0.230 e. The first-order valence-corrected chi connectivity index (χ1v) is 9.65. The molecule has 1 heterocycles. The number of benzene rings is 1. The Hall–Kier alpha value is -2.02. The molecule has 0 unspecified atom stereocenters. The number of carbonyl (C=O) groups excluding carboxylic acids is 1. The molecule has 1 aromatic carbocycles. The second-order valence-electron chi connectivity index (χ2n) is 5.68. The van der Waals surface area contributed by atoms with E-state index in [1.165, 1.54) is 11.8 Å². The van der Waals surface area contributed by atoms with Crippen LogP contribution in [-0.4, -0.2) is 40.1 Å². The number of hydrogen-bond acceptors (Lipinski definition) is 5. The maximum absolute atomic E-state index is 11.8. The number of carbonyl (C=O) groups is 1. The Morgan fingerprint density at radius 1 is 1.20 bits per heavy atom. The van der Waals surface area contributed by atoms with Crippen LogP contribution in [0.4, 0.5) is 0 Å². The van der Waals surface area contributed by atoms with Crippen LogP contribution in [-0.2, 0) is 11.3 Å². The summed E-state index contributed by atoms with van der Waals surface area (Å²) in [5.41, 5.74) is 0.992. The summed E-state index contributed by atoms with van der Waals surface area (Å²) in [4.78, 5) is 11.8. The van der Waals surface area contributed by atoms with E-state index in [9.17, 15) is 4.79 Å². The summed E-state index contributed by atoms with van der Waals surface area (Å²) < 4.78 is 7.31. The maximum atomic E-state index is 11.8. The average molecular weight is 362 g/mol. The normalized spacial score (nSPS) is 10.7. The molecule has 7 heteroatoms. The summed E-state index contributed by atoms with van der Waals surface area (Å²) in [7, 11) is 1.65. The van der Waals surface area contributed by atoms with Gasteiger partial charge in [-0.1, -0.05) is 32.0 Å². The third-order valence-corrected chi connectivity index (χ3v) is 4.67. The minimum atomic E-state index is 0.0305. The van der Waals surface area contributed by atoms with Crippen molar-refractivity contribution in [1.29, 1.82) is 0 Å². The third-order valence-electron chi connectivity index (χ3n) is 3.70. The molecule has 2 aromatic rings. The molecule has 6 nitrogen and oxygen atoms in total. The van der Waals surface area contributed by atoms with Crippen LogP contribution >= 0.6 is 11.8 Å². The Morgan fingerprint density at radius 3 is 2.60 bits per heavy atom. The summed E-state index contributed by atoms with van der Waals surface area (Å²) in [6, 6.07) is 7.79. The van der Waals surface area contributed by atoms with E-state index >= 15 is 0 Å². The van der Waals surface area contributed by atoms with Crippen LogP contribution in [0.2, 0.25) is 0 Å². The largest absolute Gasteiger partial charge is 0.497 e. The van der Waals surface area contributed by atoms with Crippen molar-refractivity contribution in [3.63, 3.8) is 0 Å². The quantitative estimate of drug-likeness (QED) is 0.656. The van der Waals surface area contributed by atoms with Gasteiger partial charge in [-0.3, -0.25) is 4.79 Å². The van der Waals surface area contributed by atoms with Gasteiger partial charge in [-0.2, -0.15) is 0 Å². The molecule has 0 saturated carbocycles. The molecule has 0 aliphatic carbocycles. The highest BCUT2D eigenvalue weighted by molar-refractivity contribution is 7.99. The number of amides is 1. The number of aromatic nitrogens is 3. The second kappa shape index (κ2) is 10.1. The number of thioether (sulfide) groups is 1. The summed E-state index contributed by atoms with van der Waals surface area (Å²) >= 11 is 1.43. The Labute approximate surface area is 153 Å². The van der Waals surface area contributed by atoms with Crippen molar-refractivity contribution >= 4 is 17.7 Å². The van der Waals surface area contributed by atoms with Gasteiger partial charge in [0.15, 0.2) is 11.0 Å². The summed E-state index contributed by atoms with van der Waals surface area (Å²) in [5, 5.41) is 12.3. The molecule has 2 rings (SSSR count). The number of rotatable bonds is 10. The fraction of sp³-hybridized carbons (Fsp3) is 0.500. The minimum Gasteiger partial charge on any atom is -0.497 e. The fourth-order valence-electron chi connectivity index (χ4n) is 2.31. The number of ether oxygens (including phenoxy) is 1. The van der Waals surface area contributed by atoms with Gasteiger partial charge < -0.3 is 14.6 Å². The van der Waals surface area contributed by atoms with E-state index in [1.54, 1.807) is 7.11 Å². The van der Waals surface area contributed by atoms with Crippen molar-refractivity contribution in [3.05, 3.63) is 24.3 Å². The number of methoxy groups -OCH3 is 1. The lowest BCUT2D eigenvalue weighted by Gasteiger charge is -2.10. The zero-order valence-electron chi connectivity index (χ0n) is 15.1. The molecule has 25 heavy (non-hydrogen) atoms. The molecule has 136 valence electrons. The molecule has 0 bridgehead atoms. The molecular weight excluding hydrogens is 336 g/mol. The summed E-state index contributed by atoms with van der Waals surface area (Å²) in [6.45, 7) is 5.74. The summed E-state index contributed by atoms with van der Waals surface area (Å²) in [5.74, 6) is 2.02. The van der Waals surface area contributed by atoms with Crippen molar-refractivity contribution in [2.45, 2.75) is 44.8 Å². The highest BCUT2D eigenvalue weighted by Crippen LogP contribution is 2.26. The molecule has 1 N–H and O–H groups in total. The van der Waals surface area contributed by atoms with E-state index in [1.807, 2.05) is 31.2 Å². The van der Waals surface area contributed by atoms with Gasteiger partial charge in [-0.15, -0.1) is 10.2 Å². The molecule has 0 spiro atoms. The lowest BCUT2D eigenvalue weighted by molar-refractivity contribution is -0.118. The third kappa shape index (κ3) is 5.49. The van der Waals surface area contributed by atoms with Crippen molar-refractivity contribution < 1.29 is 9.53 Å². The van der Waals surface area contributed by atoms with E-state index < -0.39 is 0 Å². The van der Waals surface area contributed by atoms with Gasteiger partial charge in [0.25, 0.3) is 0 Å². The van der Waals surface area contributed by atoms with Gasteiger partial charge in [-0.25, -0.2) is 0 Å². The zero-order chi connectivity index (χ0) is 18.1. The number of nitrogens with one attached hydrogen (secondary N) is 1. The number of nitrogens with zero attached hydrogens (tertiary/aromatic N) is 3. The van der Waals surface area contributed by atoms with E-state index in [2.05, 4.69) is 27.0 Å². The molecule has 0 atom stereocenters. The van der Waals surface area contributed by atoms with Gasteiger partial charge in [0.05, 0.1) is 12.9 Å². The van der Waals surface area contributed by atoms with Gasteiger partial charge in [0.2, 0.25) is 5.91 Å². The van der Waals surface area contributed by atoms with Crippen molar-refractivity contribution in [2.75, 3.05) is 19.4 Å². The van der Waals surface area contributed by atoms with Crippen LogP contribution < -0.4 is 10.1 Å². The highest BCUT2D eigenvalue weighted by atomic mass is 32.2. The average Bonchev–Trinajstić information content (AvgIpc) is 3.05. The van der Waals surface area contributed by atoms with Crippen LogP contribution in [0, 0.1) is 0 Å². The van der Waals surface area contributed by atoms with Gasteiger partial charge in [0.1, 0.15) is 5.75 Å². The predicted octanol–water partition coefficient (Wildman–Crippen LogP) is 3.37. The molecule has 0 aliphatic rings. The van der Waals surface area contributed by atoms with Crippen molar-refractivity contribution in [1.82, 2.24) is 20.1 Å². The van der Waals surface area contributed by atoms with Crippen LogP contribution in [0.3, 0.4) is 0 Å². The van der Waals surface area contributed by atoms with Gasteiger partial charge in [0, 0.05) is 18.7 Å². The highest BCUT2D eigenvalue weighted by Gasteiger charge is 2.15. The Balaban J connectivity index is 2.16. The van der Waals surface area contributed by atoms with Crippen LogP contribution in [0.1, 0.15) is 33.1 Å². The van der Waals surface area contributed by atoms with E-state index in [4.69, 9.17) is 4.74 Å². The van der Waals surface area contributed by atoms with Crippen LogP contribution in [0.15, 0.2) is 29.4 Å². The molecule has 1 amide bonds. The predicted molar refractivity (Wildman–Crippen MR) is 101 cm³/mol. The molecule has 0 aliphatic heterocycles. The lowest BCUT2D eigenvalue weighted by Crippen LogP contribution is -2.25. The van der Waals surface area contributed by atoms with Crippen molar-refractivity contribution in [3.8, 4) is 17.1 Å². The number of hydrogen-bond donors (Lipinski definition) is 1. The Bertz CT molecular complexity index is 670. The Kier molecular flexibility index (Phi) is 7.78. The van der Waals surface area contributed by atoms with Crippen molar-refractivity contribution in [2.24, 2.45) is 0 Å². The van der Waals surface area contributed by atoms with Gasteiger partial charge >= 0.3 is 0 Å². The standard InChI is InChI=1S/C18H26N4O2S/c1-4-6-12-22-17(14-7-9-15(24-3)10-8-14)20-21-18(22)25-13-16(23)19-11-5-2/h7-10H,4-6,11-13H2,1-3H3,(H,19,23). The smallest absolute Gasteiger partial charge is 0.230 e. The molecule has 0 radical (unpaired) electrons. The first-order chi connectivity index (χ1) is 12.2. The van der Waals surface area contributed by atoms with Gasteiger partial charge in [-0.05, 0) is 37.1 Å². The Morgan fingerprint density at radius 2 is 1.96 bits per heavy atom. The molecule has 0 fully saturated rings. The fourth-order valence-corrected chi connectivity index (χ4v) is 3.11. The van der Waals surface area contributed by atoms with Crippen LogP contribution in [0.5, 0.6) is 5.75 Å². The zero-order valence-corrected chi connectivity index (χ0v) is 15.9. The molecule has 1 aromatic heterocycles.